The maximum atomic E-state index is 14.2. The Morgan fingerprint density at radius 3 is 1.21 bits per heavy atom. The third-order valence-corrected chi connectivity index (χ3v) is 13.5. The van der Waals surface area contributed by atoms with E-state index in [4.69, 9.17) is 10.2 Å². The minimum Gasteiger partial charge on any atom is -0.481 e. The van der Waals surface area contributed by atoms with Crippen LogP contribution in [0.4, 0.5) is 34.9 Å². The summed E-state index contributed by atoms with van der Waals surface area (Å²) in [5, 5.41) is 78.1. The van der Waals surface area contributed by atoms with Gasteiger partial charge in [-0.25, -0.2) is 43.0 Å². The predicted octanol–water partition coefficient (Wildman–Crippen LogP) is 1.38. The van der Waals surface area contributed by atoms with Crippen LogP contribution in [0.2, 0.25) is 0 Å². The Bertz CT molecular complexity index is 2950. The molecule has 2 aliphatic rings. The Morgan fingerprint density at radius 2 is 0.859 bits per heavy atom. The molecule has 6 rings (SSSR count). The van der Waals surface area contributed by atoms with Crippen LogP contribution < -0.4 is 31.9 Å². The molecule has 1 aromatic heterocycles. The molecule has 2 fully saturated rings. The number of carbonyl (C=O) groups excluding carboxylic acids is 6. The maximum Gasteiger partial charge on any atom is 0.326 e. The summed E-state index contributed by atoms with van der Waals surface area (Å²) in [4.78, 5) is 155. The van der Waals surface area contributed by atoms with Gasteiger partial charge in [0.15, 0.2) is 0 Å². The number of carbonyl (C=O) groups is 12. The van der Waals surface area contributed by atoms with E-state index in [2.05, 4.69) is 42.2 Å². The summed E-state index contributed by atoms with van der Waals surface area (Å²) in [6.07, 6.45) is -0.410. The van der Waals surface area contributed by atoms with E-state index < -0.39 is 128 Å². The summed E-state index contributed by atoms with van der Waals surface area (Å²) >= 11 is 0. The van der Waals surface area contributed by atoms with Crippen LogP contribution in [0.25, 0.3) is 5.69 Å². The van der Waals surface area contributed by atoms with Crippen molar-refractivity contribution in [2.45, 2.75) is 75.5 Å². The highest BCUT2D eigenvalue weighted by Crippen LogP contribution is 2.22. The van der Waals surface area contributed by atoms with E-state index in [0.29, 0.717) is 33.9 Å². The lowest BCUT2D eigenvalue weighted by molar-refractivity contribution is -0.142. The minimum absolute atomic E-state index is 0.0913. The van der Waals surface area contributed by atoms with Gasteiger partial charge in [0.25, 0.3) is 11.8 Å². The van der Waals surface area contributed by atoms with Crippen LogP contribution in [0.1, 0.15) is 69.6 Å². The third kappa shape index (κ3) is 19.1. The first-order chi connectivity index (χ1) is 40.5. The smallest absolute Gasteiger partial charge is 0.326 e. The number of aliphatic carboxylic acids is 6. The first kappa shape index (κ1) is 63.7. The molecule has 2 aliphatic heterocycles. The van der Waals surface area contributed by atoms with E-state index in [1.54, 1.807) is 6.20 Å². The molecule has 0 radical (unpaired) electrons. The van der Waals surface area contributed by atoms with Gasteiger partial charge in [-0.15, -0.1) is 5.10 Å². The molecule has 454 valence electrons. The number of carboxylic acids is 6. The average molecular weight is 1190 g/mol. The topological polar surface area (TPSA) is 442 Å². The summed E-state index contributed by atoms with van der Waals surface area (Å²) < 4.78 is 14.4. The molecule has 2 unspecified atom stereocenters. The number of halogens is 1. The normalized spacial score (nSPS) is 14.6. The molecular formula is C53H62FN13O18. The van der Waals surface area contributed by atoms with Crippen molar-refractivity contribution in [2.24, 2.45) is 0 Å². The fraction of sp³-hybridized carbons (Fsp3) is 0.396. The summed E-state index contributed by atoms with van der Waals surface area (Å²) in [5.41, 5.74) is 2.52. The second kappa shape index (κ2) is 30.0. The molecule has 4 atom stereocenters. The van der Waals surface area contributed by atoms with Gasteiger partial charge >= 0.3 is 59.9 Å². The highest BCUT2D eigenvalue weighted by atomic mass is 19.1. The Balaban J connectivity index is 1.03. The van der Waals surface area contributed by atoms with E-state index >= 15 is 0 Å². The van der Waals surface area contributed by atoms with Crippen molar-refractivity contribution in [3.8, 4) is 5.69 Å². The monoisotopic (exact) mass is 1190 g/mol. The van der Waals surface area contributed by atoms with Gasteiger partial charge in [-0.3, -0.25) is 23.6 Å². The summed E-state index contributed by atoms with van der Waals surface area (Å²) in [5.74, 6) is -9.38. The third-order valence-electron chi connectivity index (χ3n) is 13.5. The average Bonchev–Trinajstić information content (AvgIpc) is 4.12. The van der Waals surface area contributed by atoms with Gasteiger partial charge in [-0.2, -0.15) is 0 Å². The lowest BCUT2D eigenvalue weighted by Gasteiger charge is -2.35. The van der Waals surface area contributed by atoms with Gasteiger partial charge in [-0.1, -0.05) is 29.5 Å². The largest absolute Gasteiger partial charge is 0.481 e. The molecule has 3 aromatic carbocycles. The molecular weight excluding hydrogens is 1130 g/mol. The Labute approximate surface area is 482 Å². The van der Waals surface area contributed by atoms with Crippen LogP contribution in [0.15, 0.2) is 72.9 Å². The van der Waals surface area contributed by atoms with Gasteiger partial charge in [-0.05, 0) is 79.3 Å². The maximum absolute atomic E-state index is 14.2. The summed E-state index contributed by atoms with van der Waals surface area (Å²) in [6.45, 7) is 0.192. The summed E-state index contributed by atoms with van der Waals surface area (Å²) in [6, 6.07) is 7.08. The first-order valence-electron chi connectivity index (χ1n) is 26.5. The second-order valence-corrected chi connectivity index (χ2v) is 19.6. The molecule has 0 saturated carbocycles. The number of urea groups is 4. The Kier molecular flexibility index (Phi) is 22.5. The number of piperazine rings is 2. The first-order valence-corrected chi connectivity index (χ1v) is 26.5. The van der Waals surface area contributed by atoms with Crippen LogP contribution in [-0.2, 0) is 48.0 Å². The zero-order valence-electron chi connectivity index (χ0n) is 45.3. The highest BCUT2D eigenvalue weighted by Gasteiger charge is 2.31. The van der Waals surface area contributed by atoms with Crippen molar-refractivity contribution in [3.63, 3.8) is 0 Å². The number of rotatable bonds is 26. The molecule has 10 amide bonds. The second-order valence-electron chi connectivity index (χ2n) is 19.6. The number of alkyl halides is 1. The number of amides is 10. The van der Waals surface area contributed by atoms with Crippen LogP contribution in [0, 0.1) is 0 Å². The SMILES string of the molecule is O=C(O)CCC(NC(=O)N[C@@H](Cc1ccc(NC(=O)N2CCN(C(=O)c3cc(C(=O)N4CCN(C(=O)Nc5ccc(CC(NC(=O)N[C@@H](CCC(=O)O)C(=O)O)C(=O)O)cc5)CC4)cc(-n4cc(CCCF)nn4)c3)CC2)cc1)C(=O)O)C(=O)O. The van der Waals surface area contributed by atoms with Crippen molar-refractivity contribution in [2.75, 3.05) is 69.7 Å². The highest BCUT2D eigenvalue weighted by molar-refractivity contribution is 6.01. The number of nitrogens with zero attached hydrogens (tertiary/aromatic N) is 7. The van der Waals surface area contributed by atoms with E-state index in [0.717, 1.165) is 0 Å². The quantitative estimate of drug-likeness (QED) is 0.0422. The molecule has 12 N–H and O–H groups in total. The Morgan fingerprint density at radius 1 is 0.494 bits per heavy atom. The van der Waals surface area contributed by atoms with Crippen molar-refractivity contribution >= 4 is 83.1 Å². The lowest BCUT2D eigenvalue weighted by atomic mass is 10.1. The Hall–Kier alpha value is -10.4. The molecule has 4 aromatic rings. The molecule has 32 heteroatoms. The van der Waals surface area contributed by atoms with Crippen molar-refractivity contribution in [1.29, 1.82) is 0 Å². The molecule has 85 heavy (non-hydrogen) atoms. The van der Waals surface area contributed by atoms with E-state index in [1.165, 1.54) is 91.0 Å². The molecule has 2 saturated heterocycles. The van der Waals surface area contributed by atoms with Crippen molar-refractivity contribution in [1.82, 2.24) is 55.9 Å². The van der Waals surface area contributed by atoms with Crippen LogP contribution >= 0.6 is 0 Å². The summed E-state index contributed by atoms with van der Waals surface area (Å²) in [7, 11) is 0. The number of nitrogens with one attached hydrogen (secondary N) is 6. The van der Waals surface area contributed by atoms with Crippen LogP contribution in [0.3, 0.4) is 0 Å². The zero-order chi connectivity index (χ0) is 61.9. The lowest BCUT2D eigenvalue weighted by Crippen LogP contribution is -2.52. The minimum atomic E-state index is -1.58. The zero-order valence-corrected chi connectivity index (χ0v) is 45.3. The molecule has 0 bridgehead atoms. The van der Waals surface area contributed by atoms with E-state index in [1.807, 2.05) is 0 Å². The number of aromatic nitrogens is 3. The fourth-order valence-electron chi connectivity index (χ4n) is 8.86. The van der Waals surface area contributed by atoms with Crippen LogP contribution in [-0.4, -0.2) is 220 Å². The molecule has 0 aliphatic carbocycles. The van der Waals surface area contributed by atoms with Gasteiger partial charge in [0.1, 0.15) is 24.2 Å². The molecule has 3 heterocycles. The number of benzene rings is 3. The van der Waals surface area contributed by atoms with Gasteiger partial charge in [0.05, 0.1) is 24.3 Å². The van der Waals surface area contributed by atoms with E-state index in [-0.39, 0.29) is 89.2 Å². The molecule has 0 spiro atoms. The number of anilines is 2. The number of hydrogen-bond donors (Lipinski definition) is 12. The number of aryl methyl sites for hydroxylation is 1. The van der Waals surface area contributed by atoms with Gasteiger partial charge in [0.2, 0.25) is 0 Å². The van der Waals surface area contributed by atoms with Crippen molar-refractivity contribution in [3.05, 3.63) is 101 Å². The standard InChI is InChI=1S/C53H62FN13O18/c54-15-1-2-36-29-67(62-61-36)37-27-32(44(72)63-16-20-65(21-17-63)52(84)55-34-7-3-30(4-8-34)24-40(48(78)79)59-50(82)57-38(46(74)75)11-13-42(68)69)26-33(28-37)45(73)64-18-22-66(23-19-64)53(85)56-35-9-5-31(6-10-35)25-41(49(80)81)60-51(83)58-39(47(76)77)12-14-43(70)71/h3-10,26-29,38-41H,1-2,11-25H2,(H,55,84)(H,56,85)(H,68,69)(H,70,71)(H,74,75)(H,76,77)(H,78,79)(H,80,81)(H2,57,59,82)(H2,58,60,83)/t38-,39?,40?,41-/m0/s1. The van der Waals surface area contributed by atoms with Gasteiger partial charge < -0.3 is 82.1 Å². The van der Waals surface area contributed by atoms with E-state index in [9.17, 15) is 82.4 Å². The fourth-order valence-corrected chi connectivity index (χ4v) is 8.86. The molecule has 31 nitrogen and oxygen atoms in total. The number of carboxylic acid groups (broad SMARTS) is 6. The van der Waals surface area contributed by atoms with Crippen molar-refractivity contribution < 1.29 is 92.6 Å². The predicted molar refractivity (Wildman–Crippen MR) is 292 cm³/mol. The van der Waals surface area contributed by atoms with Crippen LogP contribution in [0.5, 0.6) is 0 Å². The van der Waals surface area contributed by atoms with Gasteiger partial charge in [0, 0.05) is 101 Å². The number of hydrogen-bond acceptors (Lipinski definition) is 14.